The number of ether oxygens (including phenoxy) is 3. The first-order valence-electron chi connectivity index (χ1n) is 17.7. The van der Waals surface area contributed by atoms with E-state index in [1.54, 1.807) is 7.11 Å². The number of methoxy groups -OCH3 is 1. The number of fused-ring (bicyclic) bond motifs is 24. The van der Waals surface area contributed by atoms with Gasteiger partial charge >= 0.3 is 5.97 Å². The summed E-state index contributed by atoms with van der Waals surface area (Å²) in [4.78, 5) is 14.2. The van der Waals surface area contributed by atoms with Crippen LogP contribution in [0.5, 0.6) is 0 Å². The third-order valence-corrected chi connectivity index (χ3v) is 11.9. The number of thiol groups is 6. The van der Waals surface area contributed by atoms with Crippen LogP contribution in [-0.4, -0.2) is 103 Å². The van der Waals surface area contributed by atoms with Crippen molar-refractivity contribution in [3.63, 3.8) is 0 Å². The molecule has 3 saturated heterocycles. The van der Waals surface area contributed by atoms with Crippen molar-refractivity contribution >= 4 is 81.7 Å². The molecule has 47 heavy (non-hydrogen) atoms. The van der Waals surface area contributed by atoms with E-state index in [1.165, 1.54) is 0 Å². The van der Waals surface area contributed by atoms with Crippen LogP contribution in [0.1, 0.15) is 97.8 Å². The number of nitrogens with one attached hydrogen (secondary N) is 3. The Hall–Kier alpha value is 1.37. The average Bonchev–Trinajstić information content (AvgIpc) is 2.94. The standard InChI is InChI=1S/C34H67N3O4S6/c1-32(2,3)41-31(38)34-20-28(45)8-14-35-11-5-25(42)17-33(23-40-24-39-4,18-26(43)6-12-36-15-9-29(46)21-34)19-27(44)7-13-37-16-10-30(47)22-34/h25-30,35-37,42-47H,5-24H2,1-4H3. The molecule has 0 aromatic carbocycles. The lowest BCUT2D eigenvalue weighted by Gasteiger charge is -2.40. The van der Waals surface area contributed by atoms with Crippen molar-refractivity contribution < 1.29 is 19.0 Å². The van der Waals surface area contributed by atoms with E-state index in [1.807, 2.05) is 20.8 Å². The maximum absolute atomic E-state index is 14.2. The Morgan fingerprint density at radius 3 is 1.23 bits per heavy atom. The van der Waals surface area contributed by atoms with Crippen molar-refractivity contribution in [2.24, 2.45) is 10.8 Å². The van der Waals surface area contributed by atoms with Crippen LogP contribution in [0.15, 0.2) is 0 Å². The first-order valence-corrected chi connectivity index (χ1v) is 20.8. The van der Waals surface area contributed by atoms with Gasteiger partial charge in [-0.2, -0.15) is 75.8 Å². The Balaban J connectivity index is 2.47. The first-order chi connectivity index (χ1) is 22.2. The second-order valence-electron chi connectivity index (χ2n) is 15.2. The van der Waals surface area contributed by atoms with E-state index in [0.717, 1.165) is 97.1 Å². The van der Waals surface area contributed by atoms with Gasteiger partial charge in [0.1, 0.15) is 12.4 Å². The Morgan fingerprint density at radius 2 is 0.936 bits per heavy atom. The molecule has 0 aromatic rings. The van der Waals surface area contributed by atoms with E-state index in [4.69, 9.17) is 90.0 Å². The van der Waals surface area contributed by atoms with Crippen LogP contribution in [-0.2, 0) is 19.0 Å². The molecule has 0 aromatic heterocycles. The van der Waals surface area contributed by atoms with Crippen LogP contribution >= 0.6 is 75.8 Å². The largest absolute Gasteiger partial charge is 0.460 e. The topological polar surface area (TPSA) is 80.9 Å². The van der Waals surface area contributed by atoms with Gasteiger partial charge < -0.3 is 30.2 Å². The molecule has 3 N–H and O–H groups in total. The summed E-state index contributed by atoms with van der Waals surface area (Å²) in [6, 6.07) is 0. The maximum atomic E-state index is 14.2. The van der Waals surface area contributed by atoms with Gasteiger partial charge in [-0.15, -0.1) is 0 Å². The van der Waals surface area contributed by atoms with Crippen LogP contribution in [0, 0.1) is 10.8 Å². The summed E-state index contributed by atoms with van der Waals surface area (Å²) < 4.78 is 17.5. The molecule has 3 heterocycles. The molecule has 6 atom stereocenters. The van der Waals surface area contributed by atoms with E-state index >= 15 is 0 Å². The minimum atomic E-state index is -0.725. The minimum Gasteiger partial charge on any atom is -0.460 e. The molecule has 0 aliphatic carbocycles. The van der Waals surface area contributed by atoms with Crippen molar-refractivity contribution in [1.29, 1.82) is 0 Å². The Kier molecular flexibility index (Phi) is 21.9. The highest BCUT2D eigenvalue weighted by molar-refractivity contribution is 7.81. The molecule has 3 rings (SSSR count). The van der Waals surface area contributed by atoms with Crippen LogP contribution in [0.2, 0.25) is 0 Å². The predicted octanol–water partition coefficient (Wildman–Crippen LogP) is 6.19. The molecule has 0 spiro atoms. The van der Waals surface area contributed by atoms with Gasteiger partial charge in [0, 0.05) is 38.6 Å². The van der Waals surface area contributed by atoms with E-state index in [-0.39, 0.29) is 49.7 Å². The number of carbonyl (C=O) groups excluding carboxylic acids is 1. The summed E-state index contributed by atoms with van der Waals surface area (Å²) >= 11 is 30.5. The summed E-state index contributed by atoms with van der Waals surface area (Å²) in [6.07, 6.45) is 10.0. The van der Waals surface area contributed by atoms with Crippen LogP contribution in [0.4, 0.5) is 0 Å². The second-order valence-corrected chi connectivity index (χ2v) is 19.5. The fraction of sp³-hybridized carbons (Fsp3) is 0.971. The molecular formula is C34H67N3O4S6. The summed E-state index contributed by atoms with van der Waals surface area (Å²) in [5, 5.41) is 11.6. The van der Waals surface area contributed by atoms with Gasteiger partial charge in [0.25, 0.3) is 0 Å². The SMILES string of the molecule is COCOCC12CC(S)CCNCCC(S)CC(C(=O)OC(C)(C)C)(CC(S)CCNCCC(S)C1)CC(S)CCNCCC(S)C2. The third-order valence-electron chi connectivity index (χ3n) is 9.25. The molecular weight excluding hydrogens is 707 g/mol. The fourth-order valence-electron chi connectivity index (χ4n) is 7.11. The zero-order valence-corrected chi connectivity index (χ0v) is 34.8. The highest BCUT2D eigenvalue weighted by Crippen LogP contribution is 2.43. The second kappa shape index (κ2) is 23.1. The van der Waals surface area contributed by atoms with Gasteiger partial charge in [0.15, 0.2) is 0 Å². The van der Waals surface area contributed by atoms with E-state index < -0.39 is 11.0 Å². The lowest BCUT2D eigenvalue weighted by molar-refractivity contribution is -0.169. The quantitative estimate of drug-likeness (QED) is 0.0715. The summed E-state index contributed by atoms with van der Waals surface area (Å²) in [7, 11) is 1.67. The lowest BCUT2D eigenvalue weighted by atomic mass is 9.73. The molecule has 7 nitrogen and oxygen atoms in total. The highest BCUT2D eigenvalue weighted by atomic mass is 32.1. The summed E-state index contributed by atoms with van der Waals surface area (Å²) in [6.45, 7) is 11.8. The molecule has 278 valence electrons. The van der Waals surface area contributed by atoms with Gasteiger partial charge in [-0.1, -0.05) is 0 Å². The third kappa shape index (κ3) is 18.6. The molecule has 0 saturated carbocycles. The van der Waals surface area contributed by atoms with E-state index in [0.29, 0.717) is 25.9 Å². The van der Waals surface area contributed by atoms with Gasteiger partial charge in [0.05, 0.1) is 12.0 Å². The van der Waals surface area contributed by atoms with Crippen molar-refractivity contribution in [2.45, 2.75) is 135 Å². The molecule has 6 unspecified atom stereocenters. The van der Waals surface area contributed by atoms with Crippen molar-refractivity contribution in [2.75, 3.05) is 59.8 Å². The van der Waals surface area contributed by atoms with Crippen LogP contribution < -0.4 is 16.0 Å². The van der Waals surface area contributed by atoms with Gasteiger partial charge in [-0.3, -0.25) is 4.79 Å². The number of hydrogen-bond acceptors (Lipinski definition) is 13. The van der Waals surface area contributed by atoms with E-state index in [9.17, 15) is 4.79 Å². The normalized spacial score (nSPS) is 36.0. The number of carbonyl (C=O) groups is 1. The molecule has 3 aliphatic heterocycles. The predicted molar refractivity (Wildman–Crippen MR) is 219 cm³/mol. The van der Waals surface area contributed by atoms with Gasteiger partial charge in [-0.05, 0) is 143 Å². The zero-order valence-electron chi connectivity index (χ0n) is 29.4. The van der Waals surface area contributed by atoms with Gasteiger partial charge in [0.2, 0.25) is 0 Å². The molecule has 2 bridgehead atoms. The van der Waals surface area contributed by atoms with Crippen molar-refractivity contribution in [1.82, 2.24) is 16.0 Å². The minimum absolute atomic E-state index is 0.0283. The van der Waals surface area contributed by atoms with Crippen molar-refractivity contribution in [3.8, 4) is 0 Å². The van der Waals surface area contributed by atoms with Crippen molar-refractivity contribution in [3.05, 3.63) is 0 Å². The number of rotatable bonds is 5. The lowest BCUT2D eigenvalue weighted by Crippen LogP contribution is -2.43. The summed E-state index contributed by atoms with van der Waals surface area (Å²) in [5.41, 5.74) is -1.42. The zero-order chi connectivity index (χ0) is 34.9. The number of hydrogen-bond donors (Lipinski definition) is 9. The van der Waals surface area contributed by atoms with Gasteiger partial charge in [-0.25, -0.2) is 0 Å². The highest BCUT2D eigenvalue weighted by Gasteiger charge is 2.45. The molecule has 13 heteroatoms. The molecule has 0 radical (unpaired) electrons. The fourth-order valence-corrected chi connectivity index (χ4v) is 10.1. The molecule has 3 aliphatic rings. The first kappa shape index (κ1) is 44.5. The molecule has 3 fully saturated rings. The monoisotopic (exact) mass is 773 g/mol. The maximum Gasteiger partial charge on any atom is 0.312 e. The smallest absolute Gasteiger partial charge is 0.312 e. The van der Waals surface area contributed by atoms with E-state index in [2.05, 4.69) is 16.0 Å². The molecule has 0 amide bonds. The Labute approximate surface area is 320 Å². The van der Waals surface area contributed by atoms with Crippen LogP contribution in [0.25, 0.3) is 0 Å². The number of esters is 1. The van der Waals surface area contributed by atoms with Crippen LogP contribution in [0.3, 0.4) is 0 Å². The Morgan fingerprint density at radius 1 is 0.617 bits per heavy atom. The Bertz CT molecular complexity index is 793. The average molecular weight is 774 g/mol. The summed E-state index contributed by atoms with van der Waals surface area (Å²) in [5.74, 6) is -0.146.